The second-order valence-electron chi connectivity index (χ2n) is 5.11. The number of rotatable bonds is 2. The number of allylic oxidation sites excluding steroid dienone is 3. The molecule has 0 radical (unpaired) electrons. The van der Waals surface area contributed by atoms with Crippen molar-refractivity contribution in [1.82, 2.24) is 4.90 Å². The molecule has 0 amide bonds. The smallest absolute Gasteiger partial charge is 0.135 e. The first-order valence-corrected chi connectivity index (χ1v) is 6.94. The molecule has 0 N–H and O–H groups in total. The lowest BCUT2D eigenvalue weighted by Gasteiger charge is -2.29. The summed E-state index contributed by atoms with van der Waals surface area (Å²) in [5, 5.41) is 0. The standard InChI is InChI=1S/C19H15F2N/c1-13-11-12-15(14-7-4-3-5-8-14)19(22(13)2)18-16(20)9-6-10-17(18)21/h3-12H,1H2,2H3. The van der Waals surface area contributed by atoms with Gasteiger partial charge in [0.05, 0.1) is 11.3 Å². The van der Waals surface area contributed by atoms with Crippen molar-refractivity contribution in [3.63, 3.8) is 0 Å². The molecule has 0 saturated carbocycles. The van der Waals surface area contributed by atoms with Crippen LogP contribution in [0.4, 0.5) is 8.78 Å². The zero-order chi connectivity index (χ0) is 15.7. The summed E-state index contributed by atoms with van der Waals surface area (Å²) in [4.78, 5) is 1.71. The maximum atomic E-state index is 14.3. The van der Waals surface area contributed by atoms with Gasteiger partial charge in [0.25, 0.3) is 0 Å². The minimum atomic E-state index is -0.585. The number of nitrogens with zero attached hydrogens (tertiary/aromatic N) is 1. The molecular formula is C19H15F2N. The normalized spacial score (nSPS) is 14.7. The Bertz CT molecular complexity index is 768. The van der Waals surface area contributed by atoms with Crippen LogP contribution < -0.4 is 0 Å². The van der Waals surface area contributed by atoms with Crippen LogP contribution in [0.25, 0.3) is 11.3 Å². The average molecular weight is 295 g/mol. The first-order valence-electron chi connectivity index (χ1n) is 6.94. The van der Waals surface area contributed by atoms with Gasteiger partial charge in [-0.15, -0.1) is 0 Å². The van der Waals surface area contributed by atoms with Gasteiger partial charge >= 0.3 is 0 Å². The molecular weight excluding hydrogens is 280 g/mol. The summed E-state index contributed by atoms with van der Waals surface area (Å²) in [6.45, 7) is 3.92. The Hall–Kier alpha value is -2.68. The Balaban J connectivity index is 2.32. The molecule has 0 saturated heterocycles. The summed E-state index contributed by atoms with van der Waals surface area (Å²) in [6.07, 6.45) is 3.68. The number of hydrogen-bond donors (Lipinski definition) is 0. The van der Waals surface area contributed by atoms with Gasteiger partial charge in [-0.05, 0) is 23.8 Å². The third-order valence-electron chi connectivity index (χ3n) is 3.75. The minimum absolute atomic E-state index is 0.0330. The summed E-state index contributed by atoms with van der Waals surface area (Å²) < 4.78 is 28.5. The lowest BCUT2D eigenvalue weighted by atomic mass is 9.95. The first kappa shape index (κ1) is 14.3. The Morgan fingerprint density at radius 1 is 0.864 bits per heavy atom. The fourth-order valence-electron chi connectivity index (χ4n) is 2.57. The van der Waals surface area contributed by atoms with Crippen molar-refractivity contribution in [3.05, 3.63) is 95.7 Å². The van der Waals surface area contributed by atoms with Crippen molar-refractivity contribution in [2.75, 3.05) is 7.05 Å². The summed E-state index contributed by atoms with van der Waals surface area (Å²) in [5.41, 5.74) is 2.79. The molecule has 0 bridgehead atoms. The van der Waals surface area contributed by atoms with E-state index in [-0.39, 0.29) is 5.56 Å². The monoisotopic (exact) mass is 295 g/mol. The van der Waals surface area contributed by atoms with Gasteiger partial charge in [0.2, 0.25) is 0 Å². The maximum absolute atomic E-state index is 14.3. The maximum Gasteiger partial charge on any atom is 0.135 e. The van der Waals surface area contributed by atoms with E-state index in [0.29, 0.717) is 11.4 Å². The molecule has 0 spiro atoms. The van der Waals surface area contributed by atoms with Crippen LogP contribution in [0.2, 0.25) is 0 Å². The molecule has 1 heterocycles. The fourth-order valence-corrected chi connectivity index (χ4v) is 2.57. The molecule has 110 valence electrons. The van der Waals surface area contributed by atoms with Crippen molar-refractivity contribution >= 4 is 11.3 Å². The van der Waals surface area contributed by atoms with Crippen molar-refractivity contribution in [1.29, 1.82) is 0 Å². The van der Waals surface area contributed by atoms with Crippen LogP contribution in [0.1, 0.15) is 11.1 Å². The van der Waals surface area contributed by atoms with Crippen LogP contribution in [0.5, 0.6) is 0 Å². The third-order valence-corrected chi connectivity index (χ3v) is 3.75. The average Bonchev–Trinajstić information content (AvgIpc) is 2.52. The highest BCUT2D eigenvalue weighted by atomic mass is 19.1. The zero-order valence-corrected chi connectivity index (χ0v) is 12.2. The van der Waals surface area contributed by atoms with Gasteiger partial charge < -0.3 is 4.90 Å². The van der Waals surface area contributed by atoms with Gasteiger partial charge in [-0.1, -0.05) is 49.1 Å². The molecule has 0 aliphatic carbocycles. The summed E-state index contributed by atoms with van der Waals surface area (Å²) in [7, 11) is 1.76. The molecule has 1 aliphatic rings. The second kappa shape index (κ2) is 5.60. The predicted molar refractivity (Wildman–Crippen MR) is 85.7 cm³/mol. The van der Waals surface area contributed by atoms with E-state index in [2.05, 4.69) is 6.58 Å². The number of likely N-dealkylation sites (N-methyl/N-ethyl adjacent to an activating group) is 1. The van der Waals surface area contributed by atoms with Gasteiger partial charge in [0.1, 0.15) is 11.6 Å². The molecule has 0 aromatic heterocycles. The fraction of sp³-hybridized carbons (Fsp3) is 0.0526. The van der Waals surface area contributed by atoms with Gasteiger partial charge in [-0.3, -0.25) is 0 Å². The van der Waals surface area contributed by atoms with Gasteiger partial charge in [0, 0.05) is 18.3 Å². The summed E-state index contributed by atoms with van der Waals surface area (Å²) in [5.74, 6) is -1.17. The molecule has 0 unspecified atom stereocenters. The van der Waals surface area contributed by atoms with Crippen LogP contribution in [-0.2, 0) is 0 Å². The lowest BCUT2D eigenvalue weighted by Crippen LogP contribution is -2.20. The predicted octanol–water partition coefficient (Wildman–Crippen LogP) is 4.85. The van der Waals surface area contributed by atoms with Crippen molar-refractivity contribution in [2.24, 2.45) is 0 Å². The molecule has 22 heavy (non-hydrogen) atoms. The number of hydrogen-bond acceptors (Lipinski definition) is 1. The Kier molecular flexibility index (Phi) is 3.63. The molecule has 2 aromatic rings. The first-order chi connectivity index (χ1) is 10.6. The van der Waals surface area contributed by atoms with Crippen molar-refractivity contribution < 1.29 is 8.78 Å². The largest absolute Gasteiger partial charge is 0.344 e. The van der Waals surface area contributed by atoms with E-state index in [0.717, 1.165) is 11.1 Å². The van der Waals surface area contributed by atoms with Crippen LogP contribution in [0, 0.1) is 11.6 Å². The molecule has 2 aromatic carbocycles. The topological polar surface area (TPSA) is 3.24 Å². The lowest BCUT2D eigenvalue weighted by molar-refractivity contribution is 0.551. The third kappa shape index (κ3) is 2.35. The van der Waals surface area contributed by atoms with E-state index >= 15 is 0 Å². The second-order valence-corrected chi connectivity index (χ2v) is 5.11. The molecule has 0 fully saturated rings. The zero-order valence-electron chi connectivity index (χ0n) is 12.2. The highest BCUT2D eigenvalue weighted by molar-refractivity contribution is 5.97. The van der Waals surface area contributed by atoms with E-state index in [1.165, 1.54) is 18.2 Å². The van der Waals surface area contributed by atoms with Crippen molar-refractivity contribution in [2.45, 2.75) is 0 Å². The van der Waals surface area contributed by atoms with Crippen LogP contribution in [0.3, 0.4) is 0 Å². The quantitative estimate of drug-likeness (QED) is 0.765. The van der Waals surface area contributed by atoms with Crippen LogP contribution in [0.15, 0.2) is 73.0 Å². The molecule has 1 aliphatic heterocycles. The molecule has 0 atom stereocenters. The SMILES string of the molecule is C=C1C=CC(c2ccccc2)=C(c2c(F)cccc2F)N1C. The van der Waals surface area contributed by atoms with E-state index < -0.39 is 11.6 Å². The van der Waals surface area contributed by atoms with Gasteiger partial charge in [-0.25, -0.2) is 8.78 Å². The van der Waals surface area contributed by atoms with E-state index in [4.69, 9.17) is 0 Å². The van der Waals surface area contributed by atoms with Gasteiger partial charge in [0.15, 0.2) is 0 Å². The van der Waals surface area contributed by atoms with E-state index in [9.17, 15) is 8.78 Å². The van der Waals surface area contributed by atoms with Crippen molar-refractivity contribution in [3.8, 4) is 0 Å². The van der Waals surface area contributed by atoms with Crippen LogP contribution >= 0.6 is 0 Å². The number of benzene rings is 2. The van der Waals surface area contributed by atoms with E-state index in [1.54, 1.807) is 11.9 Å². The highest BCUT2D eigenvalue weighted by Crippen LogP contribution is 2.37. The van der Waals surface area contributed by atoms with Crippen LogP contribution in [-0.4, -0.2) is 11.9 Å². The minimum Gasteiger partial charge on any atom is -0.344 e. The molecule has 3 heteroatoms. The molecule has 1 nitrogen and oxygen atoms in total. The Morgan fingerprint density at radius 2 is 1.50 bits per heavy atom. The Morgan fingerprint density at radius 3 is 2.14 bits per heavy atom. The summed E-state index contributed by atoms with van der Waals surface area (Å²) in [6, 6.07) is 13.4. The highest BCUT2D eigenvalue weighted by Gasteiger charge is 2.24. The van der Waals surface area contributed by atoms with Gasteiger partial charge in [-0.2, -0.15) is 0 Å². The van der Waals surface area contributed by atoms with E-state index in [1.807, 2.05) is 42.5 Å². The number of halogens is 2. The summed E-state index contributed by atoms with van der Waals surface area (Å²) >= 11 is 0. The molecule has 3 rings (SSSR count). The Labute approximate surface area is 128 Å².